The maximum atomic E-state index is 11.2. The highest BCUT2D eigenvalue weighted by atomic mass is 32.1. The van der Waals surface area contributed by atoms with Crippen molar-refractivity contribution in [2.45, 2.75) is 33.7 Å². The minimum Gasteiger partial charge on any atom is -0.303 e. The van der Waals surface area contributed by atoms with Crippen molar-refractivity contribution in [2.75, 3.05) is 0 Å². The Morgan fingerprint density at radius 2 is 2.09 bits per heavy atom. The first-order valence-electron chi connectivity index (χ1n) is 3.83. The Labute approximate surface area is 70.5 Å². The summed E-state index contributed by atoms with van der Waals surface area (Å²) in [4.78, 5) is 12.6. The van der Waals surface area contributed by atoms with Crippen LogP contribution >= 0.6 is 11.3 Å². The van der Waals surface area contributed by atoms with Crippen LogP contribution in [-0.2, 0) is 6.54 Å². The van der Waals surface area contributed by atoms with Crippen molar-refractivity contribution in [3.05, 3.63) is 20.2 Å². The minimum absolute atomic E-state index is 0.182. The zero-order chi connectivity index (χ0) is 8.43. The zero-order valence-electron chi connectivity index (χ0n) is 7.18. The molecule has 1 aromatic heterocycles. The highest BCUT2D eigenvalue weighted by Gasteiger charge is 2.04. The molecule has 3 heteroatoms. The normalized spacial score (nSPS) is 10.5. The van der Waals surface area contributed by atoms with Gasteiger partial charge in [0.1, 0.15) is 0 Å². The zero-order valence-corrected chi connectivity index (χ0v) is 7.99. The van der Waals surface area contributed by atoms with Gasteiger partial charge in [-0.3, -0.25) is 4.79 Å². The molecular formula is C8H13NOS. The van der Waals surface area contributed by atoms with E-state index in [-0.39, 0.29) is 4.87 Å². The van der Waals surface area contributed by atoms with Gasteiger partial charge in [-0.25, -0.2) is 0 Å². The van der Waals surface area contributed by atoms with E-state index < -0.39 is 0 Å². The van der Waals surface area contributed by atoms with Gasteiger partial charge in [0.25, 0.3) is 0 Å². The number of thiazole rings is 1. The van der Waals surface area contributed by atoms with E-state index >= 15 is 0 Å². The third-order valence-electron chi connectivity index (χ3n) is 1.82. The summed E-state index contributed by atoms with van der Waals surface area (Å²) in [7, 11) is 0. The molecule has 0 N–H and O–H groups in total. The first kappa shape index (κ1) is 8.53. The Bertz CT molecular complexity index is 298. The Kier molecular flexibility index (Phi) is 2.49. The first-order valence-corrected chi connectivity index (χ1v) is 4.65. The summed E-state index contributed by atoms with van der Waals surface area (Å²) < 4.78 is 1.85. The Balaban J connectivity index is 3.12. The van der Waals surface area contributed by atoms with Gasteiger partial charge in [0.15, 0.2) is 0 Å². The molecular weight excluding hydrogens is 158 g/mol. The molecule has 0 amide bonds. The van der Waals surface area contributed by atoms with Gasteiger partial charge >= 0.3 is 4.87 Å². The standard InChI is InChI=1S/C8H13NOS/c1-4-5-9-6(2)7(3)11-8(9)10/h4-5H2,1-3H3. The lowest BCUT2D eigenvalue weighted by Crippen LogP contribution is -2.13. The summed E-state index contributed by atoms with van der Waals surface area (Å²) in [5.41, 5.74) is 1.13. The fourth-order valence-corrected chi connectivity index (χ4v) is 1.93. The second-order valence-electron chi connectivity index (χ2n) is 2.66. The third kappa shape index (κ3) is 1.53. The quantitative estimate of drug-likeness (QED) is 0.666. The fraction of sp³-hybridized carbons (Fsp3) is 0.625. The molecule has 1 rings (SSSR count). The molecule has 0 saturated carbocycles. The molecule has 0 bridgehead atoms. The molecule has 2 nitrogen and oxygen atoms in total. The molecule has 0 unspecified atom stereocenters. The van der Waals surface area contributed by atoms with E-state index in [2.05, 4.69) is 6.92 Å². The monoisotopic (exact) mass is 171 g/mol. The number of nitrogens with zero attached hydrogens (tertiary/aromatic N) is 1. The second-order valence-corrected chi connectivity index (χ2v) is 3.83. The summed E-state index contributed by atoms with van der Waals surface area (Å²) >= 11 is 1.34. The molecule has 1 heterocycles. The van der Waals surface area contributed by atoms with E-state index in [4.69, 9.17) is 0 Å². The topological polar surface area (TPSA) is 22.0 Å². The highest BCUT2D eigenvalue weighted by molar-refractivity contribution is 7.09. The summed E-state index contributed by atoms with van der Waals surface area (Å²) in [5.74, 6) is 0. The number of rotatable bonds is 2. The van der Waals surface area contributed by atoms with Gasteiger partial charge in [0.05, 0.1) is 0 Å². The Morgan fingerprint density at radius 3 is 2.45 bits per heavy atom. The van der Waals surface area contributed by atoms with Crippen LogP contribution in [0.2, 0.25) is 0 Å². The summed E-state index contributed by atoms with van der Waals surface area (Å²) in [6.45, 7) is 6.93. The molecule has 0 aliphatic carbocycles. The average Bonchev–Trinajstić information content (AvgIpc) is 2.17. The van der Waals surface area contributed by atoms with Crippen LogP contribution in [0.4, 0.5) is 0 Å². The van der Waals surface area contributed by atoms with Crippen LogP contribution in [0.15, 0.2) is 4.79 Å². The van der Waals surface area contributed by atoms with E-state index in [9.17, 15) is 4.79 Å². The van der Waals surface area contributed by atoms with Crippen molar-refractivity contribution in [2.24, 2.45) is 0 Å². The van der Waals surface area contributed by atoms with Crippen LogP contribution in [0, 0.1) is 13.8 Å². The highest BCUT2D eigenvalue weighted by Crippen LogP contribution is 2.09. The number of aromatic nitrogens is 1. The lowest BCUT2D eigenvalue weighted by molar-refractivity contribution is 0.649. The van der Waals surface area contributed by atoms with E-state index in [1.807, 2.05) is 18.4 Å². The van der Waals surface area contributed by atoms with Gasteiger partial charge in [-0.2, -0.15) is 0 Å². The van der Waals surface area contributed by atoms with E-state index in [0.29, 0.717) is 0 Å². The molecule has 0 fully saturated rings. The molecule has 0 atom stereocenters. The number of aryl methyl sites for hydroxylation is 1. The van der Waals surface area contributed by atoms with Crippen molar-refractivity contribution in [3.63, 3.8) is 0 Å². The van der Waals surface area contributed by atoms with E-state index in [1.54, 1.807) is 0 Å². The van der Waals surface area contributed by atoms with Gasteiger partial charge in [-0.1, -0.05) is 18.3 Å². The third-order valence-corrected chi connectivity index (χ3v) is 2.82. The minimum atomic E-state index is 0.182. The predicted octanol–water partition coefficient (Wildman–Crippen LogP) is 1.94. The van der Waals surface area contributed by atoms with Crippen LogP contribution in [0.1, 0.15) is 23.9 Å². The van der Waals surface area contributed by atoms with Crippen LogP contribution in [0.3, 0.4) is 0 Å². The molecule has 0 aliphatic heterocycles. The van der Waals surface area contributed by atoms with Crippen molar-refractivity contribution in [1.29, 1.82) is 0 Å². The number of hydrogen-bond donors (Lipinski definition) is 0. The molecule has 62 valence electrons. The lowest BCUT2D eigenvalue weighted by Gasteiger charge is -2.00. The van der Waals surface area contributed by atoms with Crippen molar-refractivity contribution >= 4 is 11.3 Å². The van der Waals surface area contributed by atoms with Gasteiger partial charge in [-0.15, -0.1) is 0 Å². The lowest BCUT2D eigenvalue weighted by atomic mass is 10.4. The van der Waals surface area contributed by atoms with Crippen molar-refractivity contribution in [3.8, 4) is 0 Å². The average molecular weight is 171 g/mol. The van der Waals surface area contributed by atoms with Crippen LogP contribution in [0.5, 0.6) is 0 Å². The van der Waals surface area contributed by atoms with E-state index in [0.717, 1.165) is 23.5 Å². The SMILES string of the molecule is CCCn1c(C)c(C)sc1=O. The van der Waals surface area contributed by atoms with Gasteiger partial charge in [-0.05, 0) is 20.3 Å². The van der Waals surface area contributed by atoms with E-state index in [1.165, 1.54) is 11.3 Å². The molecule has 11 heavy (non-hydrogen) atoms. The molecule has 1 aromatic rings. The smallest absolute Gasteiger partial charge is 0.303 e. The molecule has 0 radical (unpaired) electrons. The molecule has 0 aromatic carbocycles. The largest absolute Gasteiger partial charge is 0.307 e. The fourth-order valence-electron chi connectivity index (χ4n) is 1.07. The number of hydrogen-bond acceptors (Lipinski definition) is 2. The van der Waals surface area contributed by atoms with Gasteiger partial charge in [0.2, 0.25) is 0 Å². The predicted molar refractivity (Wildman–Crippen MR) is 48.3 cm³/mol. The Morgan fingerprint density at radius 1 is 1.45 bits per heavy atom. The van der Waals surface area contributed by atoms with Gasteiger partial charge < -0.3 is 4.57 Å². The van der Waals surface area contributed by atoms with Crippen molar-refractivity contribution in [1.82, 2.24) is 4.57 Å². The summed E-state index contributed by atoms with van der Waals surface area (Å²) in [6.07, 6.45) is 1.02. The molecule has 0 saturated heterocycles. The van der Waals surface area contributed by atoms with Crippen LogP contribution in [-0.4, -0.2) is 4.57 Å². The molecule has 0 spiro atoms. The second kappa shape index (κ2) is 3.22. The summed E-state index contributed by atoms with van der Waals surface area (Å²) in [5, 5.41) is 0. The Hall–Kier alpha value is -0.570. The van der Waals surface area contributed by atoms with Crippen LogP contribution in [0.25, 0.3) is 0 Å². The van der Waals surface area contributed by atoms with Gasteiger partial charge in [0, 0.05) is 17.1 Å². The maximum absolute atomic E-state index is 11.2. The van der Waals surface area contributed by atoms with Crippen LogP contribution < -0.4 is 4.87 Å². The maximum Gasteiger partial charge on any atom is 0.307 e. The summed E-state index contributed by atoms with van der Waals surface area (Å²) in [6, 6.07) is 0. The first-order chi connectivity index (χ1) is 5.16. The molecule has 0 aliphatic rings. The van der Waals surface area contributed by atoms with Crippen molar-refractivity contribution < 1.29 is 0 Å².